The van der Waals surface area contributed by atoms with E-state index in [-0.39, 0.29) is 19.8 Å². The molecular formula is C9H18O4S. The van der Waals surface area contributed by atoms with E-state index in [1.54, 1.807) is 0 Å². The molecule has 1 aliphatic heterocycles. The van der Waals surface area contributed by atoms with E-state index in [9.17, 15) is 13.2 Å². The maximum absolute atomic E-state index is 11.4. The lowest BCUT2D eigenvalue weighted by Gasteiger charge is -2.20. The molecule has 14 heavy (non-hydrogen) atoms. The van der Waals surface area contributed by atoms with Gasteiger partial charge in [-0.3, -0.25) is 4.79 Å². The molecule has 1 rings (SSSR count). The minimum Gasteiger partial charge on any atom is -0.464 e. The standard InChI is InChI=1S/C8H14O4S.CH4/c1-2-3-4-7-8(9)12-5-6-13(7,10)11;/h7H,2-6H2,1H3;1H4. The molecular weight excluding hydrogens is 204 g/mol. The van der Waals surface area contributed by atoms with Crippen molar-refractivity contribution in [3.05, 3.63) is 0 Å². The maximum atomic E-state index is 11.4. The third-order valence-electron chi connectivity index (χ3n) is 2.13. The lowest BCUT2D eigenvalue weighted by atomic mass is 10.2. The molecule has 4 nitrogen and oxygen atoms in total. The summed E-state index contributed by atoms with van der Waals surface area (Å²) in [5, 5.41) is -0.902. The second-order valence-electron chi connectivity index (χ2n) is 3.17. The minimum atomic E-state index is -3.22. The smallest absolute Gasteiger partial charge is 0.324 e. The second-order valence-corrected chi connectivity index (χ2v) is 5.47. The topological polar surface area (TPSA) is 60.4 Å². The van der Waals surface area contributed by atoms with E-state index in [1.807, 2.05) is 6.92 Å². The molecule has 1 unspecified atom stereocenters. The highest BCUT2D eigenvalue weighted by molar-refractivity contribution is 7.92. The molecule has 5 heteroatoms. The highest BCUT2D eigenvalue weighted by Gasteiger charge is 2.36. The highest BCUT2D eigenvalue weighted by Crippen LogP contribution is 2.16. The number of hydrogen-bond acceptors (Lipinski definition) is 4. The predicted molar refractivity (Wildman–Crippen MR) is 54.8 cm³/mol. The van der Waals surface area contributed by atoms with Crippen molar-refractivity contribution >= 4 is 15.8 Å². The molecule has 0 saturated carbocycles. The van der Waals surface area contributed by atoms with Gasteiger partial charge in [0.1, 0.15) is 6.61 Å². The van der Waals surface area contributed by atoms with Crippen molar-refractivity contribution in [3.8, 4) is 0 Å². The van der Waals surface area contributed by atoms with Gasteiger partial charge < -0.3 is 4.74 Å². The van der Waals surface area contributed by atoms with Crippen LogP contribution in [0.3, 0.4) is 0 Å². The van der Waals surface area contributed by atoms with Crippen molar-refractivity contribution in [2.24, 2.45) is 0 Å². The average molecular weight is 222 g/mol. The molecule has 1 atom stereocenters. The Kier molecular flexibility index (Phi) is 5.12. The summed E-state index contributed by atoms with van der Waals surface area (Å²) in [6.07, 6.45) is 2.04. The van der Waals surface area contributed by atoms with Crippen LogP contribution in [-0.2, 0) is 19.4 Å². The van der Waals surface area contributed by atoms with E-state index < -0.39 is 21.1 Å². The van der Waals surface area contributed by atoms with Crippen LogP contribution in [0.1, 0.15) is 33.6 Å². The van der Waals surface area contributed by atoms with Crippen LogP contribution in [0, 0.1) is 0 Å². The summed E-state index contributed by atoms with van der Waals surface area (Å²) in [5.41, 5.74) is 0. The van der Waals surface area contributed by atoms with Crippen LogP contribution in [0.2, 0.25) is 0 Å². The Morgan fingerprint density at radius 1 is 1.50 bits per heavy atom. The summed E-state index contributed by atoms with van der Waals surface area (Å²) >= 11 is 0. The zero-order valence-corrected chi connectivity index (χ0v) is 8.47. The van der Waals surface area contributed by atoms with Gasteiger partial charge in [0, 0.05) is 0 Å². The van der Waals surface area contributed by atoms with E-state index in [4.69, 9.17) is 4.74 Å². The minimum absolute atomic E-state index is 0. The molecule has 0 radical (unpaired) electrons. The van der Waals surface area contributed by atoms with E-state index in [2.05, 4.69) is 0 Å². The van der Waals surface area contributed by atoms with Crippen LogP contribution in [0.15, 0.2) is 0 Å². The van der Waals surface area contributed by atoms with Gasteiger partial charge in [-0.15, -0.1) is 0 Å². The van der Waals surface area contributed by atoms with E-state index in [1.165, 1.54) is 0 Å². The van der Waals surface area contributed by atoms with Gasteiger partial charge in [-0.25, -0.2) is 8.42 Å². The average Bonchev–Trinajstić information content (AvgIpc) is 2.02. The SMILES string of the molecule is C.CCCCC1C(=O)OCCS1(=O)=O. The van der Waals surface area contributed by atoms with Crippen LogP contribution < -0.4 is 0 Å². The molecule has 1 aliphatic rings. The van der Waals surface area contributed by atoms with E-state index in [0.29, 0.717) is 6.42 Å². The lowest BCUT2D eigenvalue weighted by molar-refractivity contribution is -0.143. The van der Waals surface area contributed by atoms with Gasteiger partial charge in [0.05, 0.1) is 5.75 Å². The number of carbonyl (C=O) groups is 1. The van der Waals surface area contributed by atoms with Gasteiger partial charge in [-0.1, -0.05) is 27.2 Å². The van der Waals surface area contributed by atoms with Crippen molar-refractivity contribution in [3.63, 3.8) is 0 Å². The molecule has 0 N–H and O–H groups in total. The Bertz CT molecular complexity index is 281. The summed E-state index contributed by atoms with van der Waals surface area (Å²) in [5.74, 6) is -0.590. The monoisotopic (exact) mass is 222 g/mol. The molecule has 1 fully saturated rings. The van der Waals surface area contributed by atoms with E-state index in [0.717, 1.165) is 12.8 Å². The molecule has 0 amide bonds. The summed E-state index contributed by atoms with van der Waals surface area (Å²) < 4.78 is 27.5. The van der Waals surface area contributed by atoms with Crippen LogP contribution in [-0.4, -0.2) is 32.0 Å². The number of rotatable bonds is 3. The highest BCUT2D eigenvalue weighted by atomic mass is 32.2. The molecule has 0 aromatic heterocycles. The lowest BCUT2D eigenvalue weighted by Crippen LogP contribution is -2.40. The molecule has 0 spiro atoms. The van der Waals surface area contributed by atoms with Crippen molar-refractivity contribution in [2.45, 2.75) is 38.9 Å². The molecule has 1 saturated heterocycles. The van der Waals surface area contributed by atoms with Gasteiger partial charge in [0.25, 0.3) is 0 Å². The summed E-state index contributed by atoms with van der Waals surface area (Å²) in [6.45, 7) is 1.98. The fourth-order valence-electron chi connectivity index (χ4n) is 1.33. The summed E-state index contributed by atoms with van der Waals surface area (Å²) in [7, 11) is -3.22. The third kappa shape index (κ3) is 2.97. The largest absolute Gasteiger partial charge is 0.464 e. The van der Waals surface area contributed by atoms with Crippen molar-refractivity contribution in [1.29, 1.82) is 0 Å². The molecule has 0 aromatic carbocycles. The first-order valence-corrected chi connectivity index (χ1v) is 6.17. The van der Waals surface area contributed by atoms with Crippen LogP contribution in [0.4, 0.5) is 0 Å². The number of ether oxygens (including phenoxy) is 1. The fourth-order valence-corrected chi connectivity index (χ4v) is 2.81. The number of esters is 1. The van der Waals surface area contributed by atoms with Crippen LogP contribution in [0.25, 0.3) is 0 Å². The quantitative estimate of drug-likeness (QED) is 0.672. The van der Waals surface area contributed by atoms with Crippen molar-refractivity contribution in [2.75, 3.05) is 12.4 Å². The zero-order chi connectivity index (χ0) is 9.90. The van der Waals surface area contributed by atoms with Crippen molar-refractivity contribution < 1.29 is 17.9 Å². The third-order valence-corrected chi connectivity index (χ3v) is 4.16. The maximum Gasteiger partial charge on any atom is 0.324 e. The number of cyclic esters (lactones) is 1. The first kappa shape index (κ1) is 13.4. The second kappa shape index (κ2) is 5.34. The number of carbonyl (C=O) groups excluding carboxylic acids is 1. The van der Waals surface area contributed by atoms with Gasteiger partial charge >= 0.3 is 5.97 Å². The van der Waals surface area contributed by atoms with Crippen LogP contribution in [0.5, 0.6) is 0 Å². The number of hydrogen-bond donors (Lipinski definition) is 0. The number of unbranched alkanes of at least 4 members (excludes halogenated alkanes) is 1. The Hall–Kier alpha value is -0.580. The molecule has 0 aromatic rings. The molecule has 84 valence electrons. The predicted octanol–water partition coefficient (Wildman–Crippen LogP) is 1.15. The molecule has 0 aliphatic carbocycles. The normalized spacial score (nSPS) is 24.9. The van der Waals surface area contributed by atoms with Gasteiger partial charge in [-0.2, -0.15) is 0 Å². The Morgan fingerprint density at radius 2 is 2.14 bits per heavy atom. The summed E-state index contributed by atoms with van der Waals surface area (Å²) in [6, 6.07) is 0. The van der Waals surface area contributed by atoms with E-state index >= 15 is 0 Å². The Labute approximate surface area is 85.6 Å². The first-order chi connectivity index (χ1) is 6.08. The van der Waals surface area contributed by atoms with Gasteiger partial charge in [-0.05, 0) is 6.42 Å². The molecule has 1 heterocycles. The van der Waals surface area contributed by atoms with Gasteiger partial charge in [0.2, 0.25) is 0 Å². The number of sulfone groups is 1. The summed E-state index contributed by atoms with van der Waals surface area (Å²) in [4.78, 5) is 11.1. The Morgan fingerprint density at radius 3 is 2.64 bits per heavy atom. The van der Waals surface area contributed by atoms with Crippen LogP contribution >= 0.6 is 0 Å². The first-order valence-electron chi connectivity index (χ1n) is 4.46. The fraction of sp³-hybridized carbons (Fsp3) is 0.889. The van der Waals surface area contributed by atoms with Gasteiger partial charge in [0.15, 0.2) is 15.1 Å². The Balaban J connectivity index is 0.00000169. The van der Waals surface area contributed by atoms with Crippen molar-refractivity contribution in [1.82, 2.24) is 0 Å². The zero-order valence-electron chi connectivity index (χ0n) is 7.65. The molecule has 0 bridgehead atoms.